The van der Waals surface area contributed by atoms with E-state index in [1.54, 1.807) is 6.21 Å². The third kappa shape index (κ3) is 5.93. The van der Waals surface area contributed by atoms with Crippen molar-refractivity contribution in [3.05, 3.63) is 75.8 Å². The van der Waals surface area contributed by atoms with Gasteiger partial charge in [0, 0.05) is 12.8 Å². The Bertz CT molecular complexity index is 1110. The minimum atomic E-state index is -0.618. The van der Waals surface area contributed by atoms with Gasteiger partial charge in [-0.3, -0.25) is 19.9 Å². The number of allylic oxidation sites excluding steroid dienone is 1. The summed E-state index contributed by atoms with van der Waals surface area (Å²) in [4.78, 5) is 28.3. The SMILES string of the molecule is CCOC(=O)C[C@@H]1Cc2ccc(OCCCNC3N=CC=C(Cl)C3=O)cc2Cc2ccccc21. The lowest BCUT2D eigenvalue weighted by atomic mass is 9.89. The number of benzene rings is 2. The van der Waals surface area contributed by atoms with Gasteiger partial charge in [0.25, 0.3) is 0 Å². The Hall–Kier alpha value is -2.96. The van der Waals surface area contributed by atoms with Crippen molar-refractivity contribution in [3.8, 4) is 5.75 Å². The van der Waals surface area contributed by atoms with Crippen LogP contribution in [0.3, 0.4) is 0 Å². The van der Waals surface area contributed by atoms with Gasteiger partial charge in [0.2, 0.25) is 5.78 Å². The van der Waals surface area contributed by atoms with Crippen molar-refractivity contribution in [2.45, 2.75) is 44.7 Å². The number of carbonyl (C=O) groups is 2. The first-order valence-corrected chi connectivity index (χ1v) is 12.1. The number of Topliss-reactive ketones (excluding diaryl/α,β-unsaturated/α-hetero) is 1. The first kappa shape index (κ1) is 24.2. The van der Waals surface area contributed by atoms with Crippen LogP contribution in [0.5, 0.6) is 5.75 Å². The molecule has 0 fully saturated rings. The molecule has 2 aliphatic rings. The van der Waals surface area contributed by atoms with Gasteiger partial charge in [0.15, 0.2) is 6.17 Å². The van der Waals surface area contributed by atoms with Crippen LogP contribution >= 0.6 is 11.6 Å². The summed E-state index contributed by atoms with van der Waals surface area (Å²) >= 11 is 5.86. The summed E-state index contributed by atoms with van der Waals surface area (Å²) in [6.07, 6.45) is 5.13. The maximum atomic E-state index is 12.2. The number of nitrogens with one attached hydrogen (secondary N) is 1. The third-order valence-corrected chi connectivity index (χ3v) is 6.42. The molecule has 2 aromatic carbocycles. The second kappa shape index (κ2) is 11.4. The fraction of sp³-hybridized carbons (Fsp3) is 0.370. The summed E-state index contributed by atoms with van der Waals surface area (Å²) in [6, 6.07) is 14.5. The molecule has 6 nitrogen and oxygen atoms in total. The number of dihydropyridines is 1. The highest BCUT2D eigenvalue weighted by atomic mass is 35.5. The number of rotatable bonds is 9. The number of aliphatic imine (C=N–C) groups is 1. The molecule has 7 heteroatoms. The fourth-order valence-electron chi connectivity index (χ4n) is 4.45. The topological polar surface area (TPSA) is 77.0 Å². The average Bonchev–Trinajstić information content (AvgIpc) is 2.98. The average molecular weight is 481 g/mol. The maximum Gasteiger partial charge on any atom is 0.306 e. The molecule has 0 radical (unpaired) electrons. The summed E-state index contributed by atoms with van der Waals surface area (Å²) in [5.41, 5.74) is 4.91. The number of halogens is 1. The van der Waals surface area contributed by atoms with Crippen LogP contribution in [0.25, 0.3) is 0 Å². The van der Waals surface area contributed by atoms with Crippen LogP contribution in [-0.4, -0.2) is 43.9 Å². The molecule has 1 aliphatic carbocycles. The van der Waals surface area contributed by atoms with Gasteiger partial charge in [0.1, 0.15) is 5.75 Å². The normalized spacial score (nSPS) is 19.0. The summed E-state index contributed by atoms with van der Waals surface area (Å²) < 4.78 is 11.2. The predicted molar refractivity (Wildman–Crippen MR) is 133 cm³/mol. The van der Waals surface area contributed by atoms with Crippen LogP contribution in [0.4, 0.5) is 0 Å². The molecule has 0 spiro atoms. The second-order valence-electron chi connectivity index (χ2n) is 8.45. The van der Waals surface area contributed by atoms with Crippen LogP contribution in [-0.2, 0) is 27.2 Å². The van der Waals surface area contributed by atoms with Crippen molar-refractivity contribution in [2.24, 2.45) is 4.99 Å². The molecule has 1 unspecified atom stereocenters. The minimum absolute atomic E-state index is 0.0999. The van der Waals surface area contributed by atoms with Crippen molar-refractivity contribution in [3.63, 3.8) is 0 Å². The second-order valence-corrected chi connectivity index (χ2v) is 8.86. The molecule has 0 aromatic heterocycles. The number of ketones is 1. The molecule has 4 rings (SSSR count). The van der Waals surface area contributed by atoms with Crippen molar-refractivity contribution in [2.75, 3.05) is 19.8 Å². The van der Waals surface area contributed by atoms with Crippen molar-refractivity contribution in [1.29, 1.82) is 0 Å². The lowest BCUT2D eigenvalue weighted by Crippen LogP contribution is -2.37. The Morgan fingerprint density at radius 1 is 1.18 bits per heavy atom. The Kier molecular flexibility index (Phi) is 8.14. The molecule has 1 N–H and O–H groups in total. The van der Waals surface area contributed by atoms with Gasteiger partial charge in [-0.05, 0) is 72.6 Å². The molecular formula is C27H29ClN2O4. The van der Waals surface area contributed by atoms with Gasteiger partial charge in [-0.15, -0.1) is 0 Å². The number of esters is 1. The van der Waals surface area contributed by atoms with E-state index in [0.717, 1.165) is 25.0 Å². The van der Waals surface area contributed by atoms with Crippen molar-refractivity contribution >= 4 is 29.6 Å². The molecule has 178 valence electrons. The van der Waals surface area contributed by atoms with Gasteiger partial charge in [-0.2, -0.15) is 0 Å². The molecule has 1 heterocycles. The van der Waals surface area contributed by atoms with E-state index in [2.05, 4.69) is 34.6 Å². The molecule has 2 aromatic rings. The van der Waals surface area contributed by atoms with E-state index in [0.29, 0.717) is 26.2 Å². The van der Waals surface area contributed by atoms with E-state index in [1.807, 2.05) is 25.1 Å². The lowest BCUT2D eigenvalue weighted by Gasteiger charge is -2.17. The summed E-state index contributed by atoms with van der Waals surface area (Å²) in [6.45, 7) is 3.34. The quantitative estimate of drug-likeness (QED) is 0.427. The number of fused-ring (bicyclic) bond motifs is 2. The fourth-order valence-corrected chi connectivity index (χ4v) is 4.61. The Balaban J connectivity index is 1.36. The van der Waals surface area contributed by atoms with E-state index in [9.17, 15) is 9.59 Å². The molecule has 34 heavy (non-hydrogen) atoms. The van der Waals surface area contributed by atoms with Crippen molar-refractivity contribution in [1.82, 2.24) is 5.32 Å². The molecule has 1 aliphatic heterocycles. The number of hydrogen-bond acceptors (Lipinski definition) is 6. The number of hydrogen-bond donors (Lipinski definition) is 1. The van der Waals surface area contributed by atoms with Crippen LogP contribution in [0.1, 0.15) is 47.9 Å². The van der Waals surface area contributed by atoms with Crippen LogP contribution in [0.15, 0.2) is 58.6 Å². The first-order chi connectivity index (χ1) is 16.5. The molecule has 0 saturated carbocycles. The number of carbonyl (C=O) groups excluding carboxylic acids is 2. The number of ether oxygens (including phenoxy) is 2. The van der Waals surface area contributed by atoms with Gasteiger partial charge in [-0.1, -0.05) is 41.9 Å². The predicted octanol–water partition coefficient (Wildman–Crippen LogP) is 4.33. The lowest BCUT2D eigenvalue weighted by molar-refractivity contribution is -0.143. The first-order valence-electron chi connectivity index (χ1n) is 11.7. The Morgan fingerprint density at radius 3 is 2.88 bits per heavy atom. The Morgan fingerprint density at radius 2 is 2.03 bits per heavy atom. The van der Waals surface area contributed by atoms with Crippen LogP contribution in [0.2, 0.25) is 0 Å². The van der Waals surface area contributed by atoms with Gasteiger partial charge in [-0.25, -0.2) is 0 Å². The van der Waals surface area contributed by atoms with E-state index < -0.39 is 6.17 Å². The van der Waals surface area contributed by atoms with Crippen LogP contribution in [0, 0.1) is 0 Å². The highest BCUT2D eigenvalue weighted by molar-refractivity contribution is 6.44. The minimum Gasteiger partial charge on any atom is -0.494 e. The zero-order valence-corrected chi connectivity index (χ0v) is 20.0. The number of nitrogens with zero attached hydrogens (tertiary/aromatic N) is 1. The standard InChI is InChI=1S/C27H29ClN2O4/c1-2-33-25(31)17-21-14-18-8-9-22(16-20(18)15-19-6-3-4-7-23(19)21)34-13-5-11-29-27-26(32)24(28)10-12-30-27/h3-4,6-10,12,16,21,27,29H,2,5,11,13-15,17H2,1H3/t21-,27?/m0/s1. The Labute approximate surface area is 205 Å². The van der Waals surface area contributed by atoms with E-state index in [1.165, 1.54) is 28.3 Å². The van der Waals surface area contributed by atoms with Gasteiger partial charge in [0.05, 0.1) is 24.7 Å². The van der Waals surface area contributed by atoms with Gasteiger partial charge < -0.3 is 9.47 Å². The zero-order chi connectivity index (χ0) is 23.9. The highest BCUT2D eigenvalue weighted by Gasteiger charge is 2.25. The summed E-state index contributed by atoms with van der Waals surface area (Å²) in [7, 11) is 0. The largest absolute Gasteiger partial charge is 0.494 e. The van der Waals surface area contributed by atoms with Crippen molar-refractivity contribution < 1.29 is 19.1 Å². The zero-order valence-electron chi connectivity index (χ0n) is 19.3. The molecule has 0 bridgehead atoms. The third-order valence-electron chi connectivity index (χ3n) is 6.11. The van der Waals surface area contributed by atoms with E-state index >= 15 is 0 Å². The summed E-state index contributed by atoms with van der Waals surface area (Å²) in [5.74, 6) is 0.552. The maximum absolute atomic E-state index is 12.2. The van der Waals surface area contributed by atoms with Gasteiger partial charge >= 0.3 is 5.97 Å². The molecule has 0 amide bonds. The molecular weight excluding hydrogens is 452 g/mol. The smallest absolute Gasteiger partial charge is 0.306 e. The summed E-state index contributed by atoms with van der Waals surface area (Å²) in [5, 5.41) is 3.29. The van der Waals surface area contributed by atoms with Crippen LogP contribution < -0.4 is 10.1 Å². The van der Waals surface area contributed by atoms with E-state index in [4.69, 9.17) is 21.1 Å². The van der Waals surface area contributed by atoms with E-state index in [-0.39, 0.29) is 22.7 Å². The monoisotopic (exact) mass is 480 g/mol. The molecule has 2 atom stereocenters. The highest BCUT2D eigenvalue weighted by Crippen LogP contribution is 2.35. The molecule has 0 saturated heterocycles.